The molecule has 1 unspecified atom stereocenters. The Morgan fingerprint density at radius 1 is 0.946 bits per heavy atom. The zero-order valence-corrected chi connectivity index (χ0v) is 21.0. The van der Waals surface area contributed by atoms with Crippen molar-refractivity contribution in [1.82, 2.24) is 19.8 Å². The molecular formula is C23H22Cl2N8O4. The van der Waals surface area contributed by atoms with Crippen molar-refractivity contribution in [2.75, 3.05) is 26.2 Å². The van der Waals surface area contributed by atoms with Crippen LogP contribution in [0.3, 0.4) is 0 Å². The zero-order chi connectivity index (χ0) is 26.4. The van der Waals surface area contributed by atoms with E-state index >= 15 is 0 Å². The Balaban J connectivity index is 1.50. The molecule has 37 heavy (non-hydrogen) atoms. The highest BCUT2D eigenvalue weighted by Crippen LogP contribution is 2.18. The lowest BCUT2D eigenvalue weighted by molar-refractivity contribution is -0.491. The molecule has 0 saturated carbocycles. The monoisotopic (exact) mass is 544 g/mol. The summed E-state index contributed by atoms with van der Waals surface area (Å²) in [5.74, 6) is 0.486. The highest BCUT2D eigenvalue weighted by atomic mass is 35.5. The van der Waals surface area contributed by atoms with E-state index in [1.54, 1.807) is 46.5 Å². The maximum atomic E-state index is 11.9. The molecular weight excluding hydrogens is 523 g/mol. The minimum Gasteiger partial charge on any atom is -0.348 e. The quantitative estimate of drug-likeness (QED) is 0.192. The van der Waals surface area contributed by atoms with Gasteiger partial charge in [-0.15, -0.1) is 0 Å². The number of nitro groups is 2. The van der Waals surface area contributed by atoms with Gasteiger partial charge in [-0.3, -0.25) is 30.2 Å². The van der Waals surface area contributed by atoms with Crippen LogP contribution in [0, 0.1) is 20.2 Å². The van der Waals surface area contributed by atoms with Gasteiger partial charge in [0.25, 0.3) is 6.04 Å². The van der Waals surface area contributed by atoms with Gasteiger partial charge in [0.1, 0.15) is 10.3 Å². The Kier molecular flexibility index (Phi) is 8.41. The first-order valence-electron chi connectivity index (χ1n) is 11.3. The maximum Gasteiger partial charge on any atom is 0.311 e. The van der Waals surface area contributed by atoms with Crippen LogP contribution < -0.4 is 0 Å². The lowest BCUT2D eigenvalue weighted by Crippen LogP contribution is -2.39. The predicted molar refractivity (Wildman–Crippen MR) is 139 cm³/mol. The molecule has 2 aromatic rings. The molecule has 14 heteroatoms. The Labute approximate surface area is 222 Å². The van der Waals surface area contributed by atoms with Crippen LogP contribution >= 0.6 is 23.2 Å². The van der Waals surface area contributed by atoms with Crippen LogP contribution in [-0.4, -0.2) is 73.5 Å². The lowest BCUT2D eigenvalue weighted by Gasteiger charge is -2.21. The fourth-order valence-electron chi connectivity index (χ4n) is 3.98. The van der Waals surface area contributed by atoms with Gasteiger partial charge in [-0.1, -0.05) is 41.4 Å². The van der Waals surface area contributed by atoms with Crippen LogP contribution in [0.5, 0.6) is 0 Å². The standard InChI is InChI=1S/C23H22Cl2N8O4/c24-20-6-4-16(12-28-20)14-30-10-8-26-22(30)18(32(34)35)2-1-3-19(33(36)37)23-27-9-11-31(23)15-17-5-7-21(25)29-13-17/h1-7,12-13,18H,8-11,14-15H2/b2-1+,19-3+. The van der Waals surface area contributed by atoms with Gasteiger partial charge >= 0.3 is 5.70 Å². The van der Waals surface area contributed by atoms with E-state index in [4.69, 9.17) is 23.2 Å². The Morgan fingerprint density at radius 2 is 1.54 bits per heavy atom. The molecule has 0 saturated heterocycles. The third-order valence-electron chi connectivity index (χ3n) is 5.69. The van der Waals surface area contributed by atoms with Crippen LogP contribution in [-0.2, 0) is 13.1 Å². The first-order valence-corrected chi connectivity index (χ1v) is 12.0. The van der Waals surface area contributed by atoms with Crippen LogP contribution in [0.2, 0.25) is 10.3 Å². The first-order chi connectivity index (χ1) is 17.8. The summed E-state index contributed by atoms with van der Waals surface area (Å²) in [6.07, 6.45) is 7.05. The molecule has 0 aromatic carbocycles. The van der Waals surface area contributed by atoms with E-state index in [2.05, 4.69) is 20.0 Å². The van der Waals surface area contributed by atoms with E-state index in [1.807, 2.05) is 0 Å². The van der Waals surface area contributed by atoms with E-state index in [9.17, 15) is 20.2 Å². The molecule has 2 aliphatic rings. The number of hydrogen-bond donors (Lipinski definition) is 0. The number of pyridine rings is 2. The van der Waals surface area contributed by atoms with Crippen LogP contribution in [0.15, 0.2) is 70.6 Å². The van der Waals surface area contributed by atoms with Gasteiger partial charge < -0.3 is 9.80 Å². The van der Waals surface area contributed by atoms with E-state index in [0.29, 0.717) is 49.6 Å². The second-order valence-electron chi connectivity index (χ2n) is 8.19. The van der Waals surface area contributed by atoms with Crippen molar-refractivity contribution in [2.45, 2.75) is 19.1 Å². The number of allylic oxidation sites excluding steroid dienone is 2. The molecule has 4 rings (SSSR count). The van der Waals surface area contributed by atoms with Crippen molar-refractivity contribution in [3.8, 4) is 0 Å². The minimum atomic E-state index is -1.27. The number of amidine groups is 2. The van der Waals surface area contributed by atoms with Crippen LogP contribution in [0.1, 0.15) is 11.1 Å². The van der Waals surface area contributed by atoms with Crippen molar-refractivity contribution in [3.63, 3.8) is 0 Å². The molecule has 0 radical (unpaired) electrons. The third kappa shape index (κ3) is 6.66. The zero-order valence-electron chi connectivity index (χ0n) is 19.5. The first kappa shape index (κ1) is 26.2. The Bertz CT molecular complexity index is 1280. The summed E-state index contributed by atoms with van der Waals surface area (Å²) in [6.45, 7) is 2.56. The van der Waals surface area contributed by atoms with Gasteiger partial charge in [-0.25, -0.2) is 9.97 Å². The van der Waals surface area contributed by atoms with Crippen molar-refractivity contribution in [3.05, 3.63) is 102 Å². The number of hydrogen-bond acceptors (Lipinski definition) is 10. The lowest BCUT2D eigenvalue weighted by atomic mass is 10.2. The number of halogens is 2. The largest absolute Gasteiger partial charge is 0.348 e. The molecule has 0 N–H and O–H groups in total. The molecule has 2 aromatic heterocycles. The molecule has 0 bridgehead atoms. The topological polar surface area (TPSA) is 143 Å². The van der Waals surface area contributed by atoms with E-state index < -0.39 is 15.9 Å². The summed E-state index contributed by atoms with van der Waals surface area (Å²) in [6, 6.07) is 5.61. The smallest absolute Gasteiger partial charge is 0.311 e. The van der Waals surface area contributed by atoms with E-state index in [0.717, 1.165) is 11.1 Å². The van der Waals surface area contributed by atoms with Gasteiger partial charge in [-0.2, -0.15) is 0 Å². The highest BCUT2D eigenvalue weighted by Gasteiger charge is 2.33. The fourth-order valence-corrected chi connectivity index (χ4v) is 4.20. The molecule has 2 aliphatic heterocycles. The summed E-state index contributed by atoms with van der Waals surface area (Å²) in [5.41, 5.74) is 1.40. The summed E-state index contributed by atoms with van der Waals surface area (Å²) in [4.78, 5) is 43.0. The summed E-state index contributed by atoms with van der Waals surface area (Å²) >= 11 is 11.7. The molecule has 12 nitrogen and oxygen atoms in total. The van der Waals surface area contributed by atoms with Gasteiger partial charge in [-0.05, 0) is 29.3 Å². The van der Waals surface area contributed by atoms with Crippen molar-refractivity contribution >= 4 is 34.9 Å². The predicted octanol–water partition coefficient (Wildman–Crippen LogP) is 3.27. The average molecular weight is 545 g/mol. The Hall–Kier alpha value is -3.90. The van der Waals surface area contributed by atoms with Crippen molar-refractivity contribution in [2.24, 2.45) is 9.98 Å². The van der Waals surface area contributed by atoms with Gasteiger partial charge in [0.05, 0.1) is 18.0 Å². The molecule has 0 aliphatic carbocycles. The molecule has 192 valence electrons. The van der Waals surface area contributed by atoms with E-state index in [1.165, 1.54) is 18.2 Å². The van der Waals surface area contributed by atoms with Gasteiger partial charge in [0, 0.05) is 49.6 Å². The minimum absolute atomic E-state index is 0.206. The number of aliphatic imine (C=N–C) groups is 2. The molecule has 0 fully saturated rings. The summed E-state index contributed by atoms with van der Waals surface area (Å²) in [7, 11) is 0. The normalized spacial score (nSPS) is 16.8. The average Bonchev–Trinajstić information content (AvgIpc) is 3.51. The van der Waals surface area contributed by atoms with E-state index in [-0.39, 0.29) is 17.4 Å². The fraction of sp³-hybridized carbons (Fsp3) is 0.304. The number of aromatic nitrogens is 2. The van der Waals surface area contributed by atoms with Gasteiger partial charge in [0.15, 0.2) is 5.84 Å². The highest BCUT2D eigenvalue weighted by molar-refractivity contribution is 6.29. The number of rotatable bonds is 10. The van der Waals surface area contributed by atoms with Crippen LogP contribution in [0.4, 0.5) is 0 Å². The molecule has 1 atom stereocenters. The second-order valence-corrected chi connectivity index (χ2v) is 8.97. The summed E-state index contributed by atoms with van der Waals surface area (Å²) in [5, 5.41) is 24.5. The SMILES string of the molecule is O=[N+]([O-])/C(=C/C=C/C(C1=NCCN1Cc1ccc(Cl)nc1)[N+](=O)[O-])C1=NCCN1Cc1ccc(Cl)nc1. The van der Waals surface area contributed by atoms with Crippen molar-refractivity contribution in [1.29, 1.82) is 0 Å². The van der Waals surface area contributed by atoms with Crippen LogP contribution in [0.25, 0.3) is 0 Å². The summed E-state index contributed by atoms with van der Waals surface area (Å²) < 4.78 is 0. The molecule has 0 amide bonds. The number of nitrogens with zero attached hydrogens (tertiary/aromatic N) is 8. The third-order valence-corrected chi connectivity index (χ3v) is 6.14. The molecule has 0 spiro atoms. The maximum absolute atomic E-state index is 11.9. The van der Waals surface area contributed by atoms with Crippen molar-refractivity contribution < 1.29 is 9.85 Å². The second kappa shape index (κ2) is 11.9. The Morgan fingerprint density at radius 3 is 2.11 bits per heavy atom. The van der Waals surface area contributed by atoms with Gasteiger partial charge in [0.2, 0.25) is 5.84 Å². The molecule has 4 heterocycles.